The number of nitrogens with zero attached hydrogens (tertiary/aromatic N) is 1. The Kier molecular flexibility index (Phi) is 2.88. The standard InChI is InChI=1S/C11H7NO4S/c13-11(14)9-2-1-7(5-10(9)12(15)16)8-3-4-17-6-8/h1-6H,(H,13,14). The van der Waals surface area contributed by atoms with E-state index in [1.54, 1.807) is 6.07 Å². The van der Waals surface area contributed by atoms with Crippen LogP contribution in [0, 0.1) is 10.1 Å². The Labute approximate surface area is 100 Å². The lowest BCUT2D eigenvalue weighted by atomic mass is 10.1. The summed E-state index contributed by atoms with van der Waals surface area (Å²) in [4.78, 5) is 20.9. The van der Waals surface area contributed by atoms with E-state index in [1.807, 2.05) is 16.8 Å². The summed E-state index contributed by atoms with van der Waals surface area (Å²) in [5, 5.41) is 23.3. The van der Waals surface area contributed by atoms with Crippen molar-refractivity contribution in [2.75, 3.05) is 0 Å². The van der Waals surface area contributed by atoms with Gasteiger partial charge in [0.15, 0.2) is 0 Å². The van der Waals surface area contributed by atoms with E-state index in [2.05, 4.69) is 0 Å². The molecule has 2 aromatic rings. The molecular weight excluding hydrogens is 242 g/mol. The summed E-state index contributed by atoms with van der Waals surface area (Å²) in [5.74, 6) is -1.30. The van der Waals surface area contributed by atoms with E-state index in [0.717, 1.165) is 5.56 Å². The van der Waals surface area contributed by atoms with Crippen molar-refractivity contribution in [3.63, 3.8) is 0 Å². The van der Waals surface area contributed by atoms with Gasteiger partial charge in [-0.25, -0.2) is 4.79 Å². The third-order valence-corrected chi connectivity index (χ3v) is 2.96. The maximum atomic E-state index is 10.8. The van der Waals surface area contributed by atoms with Crippen molar-refractivity contribution in [3.8, 4) is 11.1 Å². The smallest absolute Gasteiger partial charge is 0.342 e. The first-order chi connectivity index (χ1) is 8.09. The van der Waals surface area contributed by atoms with Crippen molar-refractivity contribution in [2.45, 2.75) is 0 Å². The molecule has 0 aliphatic carbocycles. The van der Waals surface area contributed by atoms with Crippen LogP contribution in [0.5, 0.6) is 0 Å². The Hall–Kier alpha value is -2.21. The lowest BCUT2D eigenvalue weighted by Gasteiger charge is -2.01. The van der Waals surface area contributed by atoms with Crippen molar-refractivity contribution >= 4 is 23.0 Å². The quantitative estimate of drug-likeness (QED) is 0.669. The third kappa shape index (κ3) is 2.16. The summed E-state index contributed by atoms with van der Waals surface area (Å²) in [6.45, 7) is 0. The first kappa shape index (κ1) is 11.3. The minimum atomic E-state index is -1.30. The average molecular weight is 249 g/mol. The van der Waals surface area contributed by atoms with Crippen LogP contribution in [0.2, 0.25) is 0 Å². The molecule has 0 radical (unpaired) electrons. The molecule has 0 fully saturated rings. The molecule has 0 saturated heterocycles. The fourth-order valence-corrected chi connectivity index (χ4v) is 2.14. The van der Waals surface area contributed by atoms with Crippen LogP contribution in [0.1, 0.15) is 10.4 Å². The number of carbonyl (C=O) groups is 1. The van der Waals surface area contributed by atoms with E-state index < -0.39 is 10.9 Å². The van der Waals surface area contributed by atoms with Crippen molar-refractivity contribution in [1.29, 1.82) is 0 Å². The Morgan fingerprint density at radius 2 is 2.06 bits per heavy atom. The molecule has 0 amide bonds. The first-order valence-electron chi connectivity index (χ1n) is 4.64. The highest BCUT2D eigenvalue weighted by molar-refractivity contribution is 7.08. The molecule has 0 saturated carbocycles. The van der Waals surface area contributed by atoms with Gasteiger partial charge in [-0.15, -0.1) is 0 Å². The molecule has 2 rings (SSSR count). The second-order valence-electron chi connectivity index (χ2n) is 3.31. The summed E-state index contributed by atoms with van der Waals surface area (Å²) >= 11 is 1.47. The number of thiophene rings is 1. The van der Waals surface area contributed by atoms with Crippen LogP contribution in [-0.4, -0.2) is 16.0 Å². The SMILES string of the molecule is O=C(O)c1ccc(-c2ccsc2)cc1[N+](=O)[O-]. The van der Waals surface area contributed by atoms with Crippen LogP contribution in [0.3, 0.4) is 0 Å². The molecule has 0 bridgehead atoms. The van der Waals surface area contributed by atoms with Crippen molar-refractivity contribution in [2.24, 2.45) is 0 Å². The number of carboxylic acid groups (broad SMARTS) is 1. The maximum Gasteiger partial charge on any atom is 0.342 e. The van der Waals surface area contributed by atoms with E-state index >= 15 is 0 Å². The van der Waals surface area contributed by atoms with Crippen LogP contribution in [0.4, 0.5) is 5.69 Å². The predicted molar refractivity (Wildman–Crippen MR) is 63.4 cm³/mol. The number of nitro groups is 1. The summed E-state index contributed by atoms with van der Waals surface area (Å²) < 4.78 is 0. The van der Waals surface area contributed by atoms with Gasteiger partial charge in [-0.05, 0) is 34.0 Å². The average Bonchev–Trinajstić information content (AvgIpc) is 2.81. The number of aromatic carboxylic acids is 1. The van der Waals surface area contributed by atoms with Gasteiger partial charge in [0.2, 0.25) is 0 Å². The Morgan fingerprint density at radius 1 is 1.29 bits per heavy atom. The van der Waals surface area contributed by atoms with Crippen LogP contribution in [-0.2, 0) is 0 Å². The normalized spacial score (nSPS) is 10.1. The zero-order valence-electron chi connectivity index (χ0n) is 8.49. The van der Waals surface area contributed by atoms with Gasteiger partial charge in [0, 0.05) is 6.07 Å². The Balaban J connectivity index is 2.57. The lowest BCUT2D eigenvalue weighted by molar-refractivity contribution is -0.385. The van der Waals surface area contributed by atoms with Crippen LogP contribution in [0.15, 0.2) is 35.0 Å². The van der Waals surface area contributed by atoms with E-state index in [1.165, 1.54) is 23.5 Å². The highest BCUT2D eigenvalue weighted by Crippen LogP contribution is 2.28. The number of rotatable bonds is 3. The van der Waals surface area contributed by atoms with Gasteiger partial charge in [0.05, 0.1) is 4.92 Å². The summed E-state index contributed by atoms with van der Waals surface area (Å²) in [6, 6.07) is 5.93. The topological polar surface area (TPSA) is 80.4 Å². The largest absolute Gasteiger partial charge is 0.477 e. The van der Waals surface area contributed by atoms with E-state index in [-0.39, 0.29) is 11.3 Å². The zero-order valence-corrected chi connectivity index (χ0v) is 9.31. The second kappa shape index (κ2) is 4.34. The minimum absolute atomic E-state index is 0.297. The zero-order chi connectivity index (χ0) is 12.4. The highest BCUT2D eigenvalue weighted by atomic mass is 32.1. The van der Waals surface area contributed by atoms with Gasteiger partial charge in [-0.3, -0.25) is 10.1 Å². The molecule has 1 aromatic heterocycles. The van der Waals surface area contributed by atoms with Crippen LogP contribution < -0.4 is 0 Å². The van der Waals surface area contributed by atoms with Crippen LogP contribution >= 0.6 is 11.3 Å². The van der Waals surface area contributed by atoms with Gasteiger partial charge in [-0.1, -0.05) is 6.07 Å². The number of hydrogen-bond acceptors (Lipinski definition) is 4. The molecule has 1 N–H and O–H groups in total. The number of hydrogen-bond donors (Lipinski definition) is 1. The third-order valence-electron chi connectivity index (χ3n) is 2.28. The van der Waals surface area contributed by atoms with Gasteiger partial charge in [0.25, 0.3) is 5.69 Å². The Morgan fingerprint density at radius 3 is 2.59 bits per heavy atom. The number of benzene rings is 1. The molecule has 17 heavy (non-hydrogen) atoms. The van der Waals surface area contributed by atoms with Crippen LogP contribution in [0.25, 0.3) is 11.1 Å². The predicted octanol–water partition coefficient (Wildman–Crippen LogP) is 3.02. The van der Waals surface area contributed by atoms with Gasteiger partial charge < -0.3 is 5.11 Å². The Bertz CT molecular complexity index is 577. The van der Waals surface area contributed by atoms with Crippen molar-refractivity contribution in [1.82, 2.24) is 0 Å². The molecule has 0 aliphatic rings. The molecule has 0 aliphatic heterocycles. The molecule has 5 nitrogen and oxygen atoms in total. The number of carboxylic acids is 1. The maximum absolute atomic E-state index is 10.8. The van der Waals surface area contributed by atoms with E-state index in [4.69, 9.17) is 5.11 Å². The molecule has 0 atom stereocenters. The van der Waals surface area contributed by atoms with Crippen molar-refractivity contribution in [3.05, 3.63) is 50.7 Å². The molecule has 86 valence electrons. The molecule has 0 unspecified atom stereocenters. The molecular formula is C11H7NO4S. The van der Waals surface area contributed by atoms with Crippen molar-refractivity contribution < 1.29 is 14.8 Å². The molecule has 6 heteroatoms. The summed E-state index contributed by atoms with van der Waals surface area (Å²) in [7, 11) is 0. The van der Waals surface area contributed by atoms with Gasteiger partial charge in [-0.2, -0.15) is 11.3 Å². The molecule has 1 aromatic carbocycles. The summed E-state index contributed by atoms with van der Waals surface area (Å²) in [6.07, 6.45) is 0. The molecule has 1 heterocycles. The lowest BCUT2D eigenvalue weighted by Crippen LogP contribution is -2.02. The minimum Gasteiger partial charge on any atom is -0.477 e. The fraction of sp³-hybridized carbons (Fsp3) is 0. The van der Waals surface area contributed by atoms with Gasteiger partial charge >= 0.3 is 5.97 Å². The van der Waals surface area contributed by atoms with E-state index in [0.29, 0.717) is 5.56 Å². The fourth-order valence-electron chi connectivity index (χ4n) is 1.47. The van der Waals surface area contributed by atoms with Gasteiger partial charge in [0.1, 0.15) is 5.56 Å². The highest BCUT2D eigenvalue weighted by Gasteiger charge is 2.20. The monoisotopic (exact) mass is 249 g/mol. The summed E-state index contributed by atoms with van der Waals surface area (Å²) in [5.41, 5.74) is 0.799. The first-order valence-corrected chi connectivity index (χ1v) is 5.58. The van der Waals surface area contributed by atoms with E-state index in [9.17, 15) is 14.9 Å². The molecule has 0 spiro atoms. The second-order valence-corrected chi connectivity index (χ2v) is 4.09. The number of nitro benzene ring substituents is 1.